The van der Waals surface area contributed by atoms with Crippen LogP contribution in [0.25, 0.3) is 0 Å². The van der Waals surface area contributed by atoms with Crippen molar-refractivity contribution in [2.75, 3.05) is 27.0 Å². The van der Waals surface area contributed by atoms with Crippen molar-refractivity contribution in [3.8, 4) is 11.5 Å². The largest absolute Gasteiger partial charge is 0.496 e. The van der Waals surface area contributed by atoms with Crippen molar-refractivity contribution < 1.29 is 9.47 Å². The van der Waals surface area contributed by atoms with Gasteiger partial charge < -0.3 is 14.8 Å². The van der Waals surface area contributed by atoms with Crippen molar-refractivity contribution in [2.24, 2.45) is 0 Å². The molecule has 0 aliphatic carbocycles. The quantitative estimate of drug-likeness (QED) is 0.876. The zero-order valence-corrected chi connectivity index (χ0v) is 10.7. The van der Waals surface area contributed by atoms with E-state index in [9.17, 15) is 0 Å². The van der Waals surface area contributed by atoms with Crippen molar-refractivity contribution in [1.82, 2.24) is 5.32 Å². The van der Waals surface area contributed by atoms with E-state index in [1.807, 2.05) is 30.9 Å². The van der Waals surface area contributed by atoms with Gasteiger partial charge in [-0.15, -0.1) is 0 Å². The van der Waals surface area contributed by atoms with Crippen LogP contribution in [0.1, 0.15) is 17.2 Å². The Bertz CT molecular complexity index is 382. The third-order valence-electron chi connectivity index (χ3n) is 2.94. The molecule has 1 aliphatic heterocycles. The normalized spacial score (nSPS) is 19.1. The number of methoxy groups -OCH3 is 2. The molecule has 0 fully saturated rings. The first-order valence-electron chi connectivity index (χ1n) is 5.30. The first kappa shape index (κ1) is 11.6. The minimum absolute atomic E-state index is 0.346. The molecule has 3 nitrogen and oxygen atoms in total. The van der Waals surface area contributed by atoms with E-state index in [-0.39, 0.29) is 0 Å². The van der Waals surface area contributed by atoms with Crippen LogP contribution in [0.3, 0.4) is 0 Å². The van der Waals surface area contributed by atoms with Gasteiger partial charge in [0.1, 0.15) is 11.5 Å². The van der Waals surface area contributed by atoms with Crippen molar-refractivity contribution in [3.05, 3.63) is 23.3 Å². The molecule has 88 valence electrons. The van der Waals surface area contributed by atoms with Gasteiger partial charge in [-0.3, -0.25) is 0 Å². The summed E-state index contributed by atoms with van der Waals surface area (Å²) in [5.41, 5.74) is 2.51. The van der Waals surface area contributed by atoms with Gasteiger partial charge in [0.25, 0.3) is 0 Å². The van der Waals surface area contributed by atoms with Gasteiger partial charge in [-0.2, -0.15) is 11.8 Å². The summed E-state index contributed by atoms with van der Waals surface area (Å²) in [6, 6.07) is 4.31. The van der Waals surface area contributed by atoms with Gasteiger partial charge in [0.2, 0.25) is 0 Å². The van der Waals surface area contributed by atoms with Crippen molar-refractivity contribution in [1.29, 1.82) is 0 Å². The molecule has 1 N–H and O–H groups in total. The molecule has 1 atom stereocenters. The van der Waals surface area contributed by atoms with Crippen molar-refractivity contribution >= 4 is 11.8 Å². The van der Waals surface area contributed by atoms with Crippen LogP contribution in [-0.2, 0) is 5.75 Å². The molecular weight excluding hydrogens is 222 g/mol. The lowest BCUT2D eigenvalue weighted by Crippen LogP contribution is -2.24. The van der Waals surface area contributed by atoms with Crippen molar-refractivity contribution in [2.45, 2.75) is 11.8 Å². The molecule has 1 heterocycles. The van der Waals surface area contributed by atoms with Crippen LogP contribution in [0.15, 0.2) is 12.1 Å². The van der Waals surface area contributed by atoms with Crippen LogP contribution < -0.4 is 14.8 Å². The van der Waals surface area contributed by atoms with Gasteiger partial charge in [0.05, 0.1) is 14.2 Å². The van der Waals surface area contributed by atoms with Gasteiger partial charge >= 0.3 is 0 Å². The average Bonchev–Trinajstić information content (AvgIpc) is 2.36. The summed E-state index contributed by atoms with van der Waals surface area (Å²) < 4.78 is 10.8. The Kier molecular flexibility index (Phi) is 3.61. The molecule has 0 saturated carbocycles. The van der Waals surface area contributed by atoms with Gasteiger partial charge in [-0.1, -0.05) is 0 Å². The molecule has 0 spiro atoms. The third kappa shape index (κ3) is 1.87. The molecule has 16 heavy (non-hydrogen) atoms. The van der Waals surface area contributed by atoms with Crippen LogP contribution in [0.5, 0.6) is 11.5 Å². The lowest BCUT2D eigenvalue weighted by molar-refractivity contribution is 0.390. The molecule has 4 heteroatoms. The fourth-order valence-electron chi connectivity index (χ4n) is 2.11. The van der Waals surface area contributed by atoms with Crippen LogP contribution in [0, 0.1) is 0 Å². The highest BCUT2D eigenvalue weighted by atomic mass is 32.2. The molecule has 1 unspecified atom stereocenters. The Labute approximate surface area is 101 Å². The minimum atomic E-state index is 0.346. The monoisotopic (exact) mass is 239 g/mol. The molecule has 2 rings (SSSR count). The first-order chi connectivity index (χ1) is 7.81. The number of rotatable bonds is 3. The number of fused-ring (bicyclic) bond motifs is 1. The molecule has 0 saturated heterocycles. The smallest absolute Gasteiger partial charge is 0.124 e. The lowest BCUT2D eigenvalue weighted by atomic mass is 9.99. The fraction of sp³-hybridized carbons (Fsp3) is 0.500. The predicted octanol–water partition coefficient (Wildman–Crippen LogP) is 2.21. The third-order valence-corrected chi connectivity index (χ3v) is 4.00. The second-order valence-corrected chi connectivity index (χ2v) is 4.75. The Balaban J connectivity index is 2.54. The highest BCUT2D eigenvalue weighted by Gasteiger charge is 2.25. The van der Waals surface area contributed by atoms with Crippen LogP contribution in [0.2, 0.25) is 0 Å². The maximum atomic E-state index is 5.44. The standard InChI is InChI=1S/C12H17NO2S/c1-13-9-7-16-6-8-10(14-2)4-5-11(15-3)12(8)9/h4-5,9,13H,6-7H2,1-3H3. The summed E-state index contributed by atoms with van der Waals surface area (Å²) in [5.74, 6) is 3.99. The van der Waals surface area contributed by atoms with E-state index in [2.05, 4.69) is 5.32 Å². The lowest BCUT2D eigenvalue weighted by Gasteiger charge is -2.28. The van der Waals surface area contributed by atoms with E-state index >= 15 is 0 Å². The molecule has 1 aliphatic rings. The topological polar surface area (TPSA) is 30.5 Å². The number of hydrogen-bond donors (Lipinski definition) is 1. The Morgan fingerprint density at radius 2 is 1.94 bits per heavy atom. The van der Waals surface area contributed by atoms with Gasteiger partial charge in [-0.05, 0) is 19.2 Å². The molecule has 0 radical (unpaired) electrons. The minimum Gasteiger partial charge on any atom is -0.496 e. The second kappa shape index (κ2) is 4.97. The number of benzene rings is 1. The Hall–Kier alpha value is -0.870. The number of thioether (sulfide) groups is 1. The van der Waals surface area contributed by atoms with E-state index in [4.69, 9.17) is 9.47 Å². The number of hydrogen-bond acceptors (Lipinski definition) is 4. The maximum Gasteiger partial charge on any atom is 0.124 e. The van der Waals surface area contributed by atoms with Crippen LogP contribution in [-0.4, -0.2) is 27.0 Å². The number of ether oxygens (including phenoxy) is 2. The summed E-state index contributed by atoms with van der Waals surface area (Å²) >= 11 is 1.92. The zero-order chi connectivity index (χ0) is 11.5. The maximum absolute atomic E-state index is 5.44. The van der Waals surface area contributed by atoms with Crippen LogP contribution >= 0.6 is 11.8 Å². The summed E-state index contributed by atoms with van der Waals surface area (Å²) in [4.78, 5) is 0. The van der Waals surface area contributed by atoms with E-state index < -0.39 is 0 Å². The van der Waals surface area contributed by atoms with Gasteiger partial charge in [-0.25, -0.2) is 0 Å². The summed E-state index contributed by atoms with van der Waals surface area (Å²) in [7, 11) is 5.42. The SMILES string of the molecule is CNC1CSCc2c(OC)ccc(OC)c21. The molecule has 0 aromatic heterocycles. The number of nitrogens with one attached hydrogen (secondary N) is 1. The van der Waals surface area contributed by atoms with E-state index in [0.717, 1.165) is 23.0 Å². The molecule has 0 amide bonds. The van der Waals surface area contributed by atoms with Crippen molar-refractivity contribution in [3.63, 3.8) is 0 Å². The molecular formula is C12H17NO2S. The summed E-state index contributed by atoms with van der Waals surface area (Å²) in [6.45, 7) is 0. The first-order valence-corrected chi connectivity index (χ1v) is 6.46. The van der Waals surface area contributed by atoms with Crippen LogP contribution in [0.4, 0.5) is 0 Å². The molecule has 0 bridgehead atoms. The molecule has 1 aromatic rings. The molecule has 1 aromatic carbocycles. The zero-order valence-electron chi connectivity index (χ0n) is 9.87. The van der Waals surface area contributed by atoms with E-state index in [0.29, 0.717) is 6.04 Å². The van der Waals surface area contributed by atoms with Gasteiger partial charge in [0, 0.05) is 28.7 Å². The summed E-state index contributed by atoms with van der Waals surface area (Å²) in [5, 5.41) is 3.33. The predicted molar refractivity (Wildman–Crippen MR) is 67.5 cm³/mol. The Morgan fingerprint density at radius 1 is 1.25 bits per heavy atom. The average molecular weight is 239 g/mol. The highest BCUT2D eigenvalue weighted by Crippen LogP contribution is 2.41. The van der Waals surface area contributed by atoms with E-state index in [1.165, 1.54) is 11.1 Å². The van der Waals surface area contributed by atoms with E-state index in [1.54, 1.807) is 14.2 Å². The van der Waals surface area contributed by atoms with Gasteiger partial charge in [0.15, 0.2) is 0 Å². The summed E-state index contributed by atoms with van der Waals surface area (Å²) in [6.07, 6.45) is 0. The Morgan fingerprint density at radius 3 is 2.56 bits per heavy atom. The fourth-order valence-corrected chi connectivity index (χ4v) is 3.30. The highest BCUT2D eigenvalue weighted by molar-refractivity contribution is 7.98. The second-order valence-electron chi connectivity index (χ2n) is 3.72.